The van der Waals surface area contributed by atoms with Crippen molar-refractivity contribution in [2.45, 2.75) is 45.7 Å². The Labute approximate surface area is 185 Å². The van der Waals surface area contributed by atoms with Crippen molar-refractivity contribution in [2.75, 3.05) is 18.4 Å². The Hall–Kier alpha value is -2.36. The third-order valence-corrected chi connectivity index (χ3v) is 6.34. The summed E-state index contributed by atoms with van der Waals surface area (Å²) >= 11 is 6.80. The van der Waals surface area contributed by atoms with Gasteiger partial charge in [0.05, 0.1) is 5.69 Å². The van der Waals surface area contributed by atoms with Gasteiger partial charge in [0.25, 0.3) is 0 Å². The van der Waals surface area contributed by atoms with Crippen LogP contribution in [0.1, 0.15) is 36.9 Å². The summed E-state index contributed by atoms with van der Waals surface area (Å²) in [4.78, 5) is 19.7. The zero-order valence-electron chi connectivity index (χ0n) is 17.1. The smallest absolute Gasteiger partial charge is 0.246 e. The quantitative estimate of drug-likeness (QED) is 0.554. The van der Waals surface area contributed by atoms with Crippen molar-refractivity contribution in [2.24, 2.45) is 0 Å². The highest BCUT2D eigenvalue weighted by Gasteiger charge is 2.15. The van der Waals surface area contributed by atoms with Gasteiger partial charge in [0, 0.05) is 17.5 Å². The first-order valence-electron chi connectivity index (χ1n) is 10.3. The van der Waals surface area contributed by atoms with E-state index in [9.17, 15) is 4.79 Å². The highest BCUT2D eigenvalue weighted by molar-refractivity contribution is 7.71. The Kier molecular flexibility index (Phi) is 6.71. The number of likely N-dealkylation sites (tertiary alicyclic amines) is 1. The van der Waals surface area contributed by atoms with Gasteiger partial charge < -0.3 is 5.32 Å². The highest BCUT2D eigenvalue weighted by Crippen LogP contribution is 2.21. The molecule has 1 fully saturated rings. The minimum Gasteiger partial charge on any atom is -0.300 e. The lowest BCUT2D eigenvalue weighted by molar-refractivity contribution is -0.116. The average Bonchev–Trinajstić information content (AvgIpc) is 3.20. The van der Waals surface area contributed by atoms with Crippen LogP contribution in [0.5, 0.6) is 0 Å². The molecule has 1 amide bonds. The third kappa shape index (κ3) is 5.21. The van der Waals surface area contributed by atoms with Crippen molar-refractivity contribution >= 4 is 34.6 Å². The normalized spacial score (nSPS) is 15.1. The van der Waals surface area contributed by atoms with E-state index in [4.69, 9.17) is 12.2 Å². The maximum absolute atomic E-state index is 12.7. The molecule has 0 spiro atoms. The minimum absolute atomic E-state index is 0.0830. The van der Waals surface area contributed by atoms with E-state index in [2.05, 4.69) is 25.4 Å². The first-order chi connectivity index (χ1) is 14.6. The van der Waals surface area contributed by atoms with Crippen molar-refractivity contribution in [1.82, 2.24) is 24.6 Å². The number of hydrogen-bond acceptors (Lipinski definition) is 6. The molecule has 2 aromatic heterocycles. The lowest BCUT2D eigenvalue weighted by atomic mass is 10.1. The van der Waals surface area contributed by atoms with Crippen LogP contribution in [-0.2, 0) is 17.9 Å². The maximum atomic E-state index is 12.7. The molecule has 30 heavy (non-hydrogen) atoms. The second kappa shape index (κ2) is 9.63. The second-order valence-corrected chi connectivity index (χ2v) is 8.94. The summed E-state index contributed by atoms with van der Waals surface area (Å²) in [6, 6.07) is 7.97. The van der Waals surface area contributed by atoms with Crippen LogP contribution in [-0.4, -0.2) is 43.6 Å². The predicted molar refractivity (Wildman–Crippen MR) is 122 cm³/mol. The van der Waals surface area contributed by atoms with E-state index in [0.29, 0.717) is 15.7 Å². The molecule has 0 unspecified atom stereocenters. The predicted octanol–water partition coefficient (Wildman–Crippen LogP) is 4.39. The lowest BCUT2D eigenvalue weighted by Crippen LogP contribution is -2.24. The van der Waals surface area contributed by atoms with Gasteiger partial charge in [0.15, 0.2) is 15.7 Å². The van der Waals surface area contributed by atoms with E-state index < -0.39 is 0 Å². The van der Waals surface area contributed by atoms with Crippen LogP contribution in [0, 0.1) is 11.7 Å². The molecule has 1 aliphatic rings. The van der Waals surface area contributed by atoms with Crippen LogP contribution < -0.4 is 5.32 Å². The summed E-state index contributed by atoms with van der Waals surface area (Å²) in [7, 11) is 0. The lowest BCUT2D eigenvalue weighted by Gasteiger charge is -2.17. The first kappa shape index (κ1) is 20.9. The number of aryl methyl sites for hydroxylation is 1. The molecule has 3 heterocycles. The van der Waals surface area contributed by atoms with E-state index in [1.54, 1.807) is 4.57 Å². The highest BCUT2D eigenvalue weighted by atomic mass is 32.1. The molecular weight excluding hydrogens is 416 g/mol. The summed E-state index contributed by atoms with van der Waals surface area (Å²) in [6.07, 6.45) is 5.14. The summed E-state index contributed by atoms with van der Waals surface area (Å²) in [5, 5.41) is 12.7. The fraction of sp³-hybridized carbons (Fsp3) is 0.429. The van der Waals surface area contributed by atoms with Crippen LogP contribution in [0.25, 0.3) is 11.4 Å². The van der Waals surface area contributed by atoms with Crippen LogP contribution in [0.2, 0.25) is 0 Å². The molecule has 1 saturated heterocycles. The van der Waals surface area contributed by atoms with Crippen molar-refractivity contribution in [1.29, 1.82) is 0 Å². The molecular formula is C21H26N6OS2. The van der Waals surface area contributed by atoms with Gasteiger partial charge in [-0.25, -0.2) is 4.98 Å². The van der Waals surface area contributed by atoms with Gasteiger partial charge in [0.1, 0.15) is 6.54 Å². The minimum atomic E-state index is -0.169. The first-order valence-corrected chi connectivity index (χ1v) is 11.6. The molecule has 0 bridgehead atoms. The molecule has 1 aliphatic heterocycles. The number of carbonyl (C=O) groups is 1. The van der Waals surface area contributed by atoms with Gasteiger partial charge in [-0.05, 0) is 51.1 Å². The number of H-pyrrole nitrogens is 1. The van der Waals surface area contributed by atoms with Crippen molar-refractivity contribution in [3.8, 4) is 11.4 Å². The van der Waals surface area contributed by atoms with Gasteiger partial charge in [0.2, 0.25) is 5.91 Å². The zero-order valence-corrected chi connectivity index (χ0v) is 18.7. The number of nitrogens with one attached hydrogen (secondary N) is 2. The van der Waals surface area contributed by atoms with Crippen LogP contribution in [0.3, 0.4) is 0 Å². The fourth-order valence-corrected chi connectivity index (χ4v) is 4.65. The molecule has 9 heteroatoms. The summed E-state index contributed by atoms with van der Waals surface area (Å²) in [6.45, 7) is 5.20. The van der Waals surface area contributed by atoms with E-state index in [-0.39, 0.29) is 12.5 Å². The molecule has 0 saturated carbocycles. The molecule has 1 aromatic carbocycles. The largest absolute Gasteiger partial charge is 0.300 e. The Morgan fingerprint density at radius 2 is 2.07 bits per heavy atom. The monoisotopic (exact) mass is 442 g/mol. The van der Waals surface area contributed by atoms with Gasteiger partial charge in [-0.15, -0.1) is 11.3 Å². The number of carbonyl (C=O) groups excluding carboxylic acids is 1. The standard InChI is InChI=1S/C21H26N6OS2/c1-15-7-6-8-16(11-15)19-24-25-21(29)27(19)13-18(28)23-20-22-17(14-30-20)12-26-9-4-2-3-5-10-26/h6-8,11,14H,2-5,9-10,12-13H2,1H3,(H,25,29)(H,22,23,28). The Bertz CT molecular complexity index is 1060. The molecule has 158 valence electrons. The van der Waals surface area contributed by atoms with Gasteiger partial charge in [-0.3, -0.25) is 19.4 Å². The molecule has 3 aromatic rings. The van der Waals surface area contributed by atoms with Crippen LogP contribution in [0.4, 0.5) is 5.13 Å². The number of anilines is 1. The number of thiazole rings is 1. The number of hydrogen-bond donors (Lipinski definition) is 2. The zero-order chi connectivity index (χ0) is 20.9. The number of amides is 1. The number of rotatable bonds is 6. The Morgan fingerprint density at radius 1 is 1.27 bits per heavy atom. The number of nitrogens with zero attached hydrogens (tertiary/aromatic N) is 4. The van der Waals surface area contributed by atoms with Gasteiger partial charge in [-0.2, -0.15) is 5.10 Å². The van der Waals surface area contributed by atoms with Gasteiger partial charge >= 0.3 is 0 Å². The SMILES string of the molecule is Cc1cccc(-c2n[nH]c(=S)n2CC(=O)Nc2nc(CN3CCCCCC3)cs2)c1. The summed E-state index contributed by atoms with van der Waals surface area (Å²) in [5.74, 6) is 0.483. The molecule has 0 atom stereocenters. The van der Waals surface area contributed by atoms with Crippen LogP contribution in [0.15, 0.2) is 29.6 Å². The van der Waals surface area contributed by atoms with E-state index in [1.165, 1.54) is 37.0 Å². The molecule has 0 radical (unpaired) electrons. The maximum Gasteiger partial charge on any atom is 0.246 e. The Balaban J connectivity index is 1.40. The van der Waals surface area contributed by atoms with Crippen molar-refractivity contribution in [3.05, 3.63) is 45.7 Å². The van der Waals surface area contributed by atoms with Crippen molar-refractivity contribution in [3.63, 3.8) is 0 Å². The number of aromatic nitrogens is 4. The summed E-state index contributed by atoms with van der Waals surface area (Å²) in [5.41, 5.74) is 3.05. The van der Waals surface area contributed by atoms with Gasteiger partial charge in [-0.1, -0.05) is 36.6 Å². The molecule has 2 N–H and O–H groups in total. The average molecular weight is 443 g/mol. The fourth-order valence-electron chi connectivity index (χ4n) is 3.73. The Morgan fingerprint density at radius 3 is 2.83 bits per heavy atom. The van der Waals surface area contributed by atoms with E-state index in [1.807, 2.05) is 36.6 Å². The summed E-state index contributed by atoms with van der Waals surface area (Å²) < 4.78 is 2.13. The molecule has 4 rings (SSSR count). The number of aromatic amines is 1. The molecule has 7 nitrogen and oxygen atoms in total. The van der Waals surface area contributed by atoms with E-state index in [0.717, 1.165) is 36.5 Å². The third-order valence-electron chi connectivity index (χ3n) is 5.22. The second-order valence-electron chi connectivity index (χ2n) is 7.69. The number of benzene rings is 1. The van der Waals surface area contributed by atoms with E-state index >= 15 is 0 Å². The van der Waals surface area contributed by atoms with Crippen LogP contribution >= 0.6 is 23.6 Å². The van der Waals surface area contributed by atoms with Crippen molar-refractivity contribution < 1.29 is 4.79 Å². The molecule has 0 aliphatic carbocycles. The topological polar surface area (TPSA) is 78.8 Å².